The third kappa shape index (κ3) is 3.42. The first kappa shape index (κ1) is 17.2. The van der Waals surface area contributed by atoms with Crippen LogP contribution in [0.5, 0.6) is 5.75 Å². The molecule has 1 amide bonds. The molecule has 1 aromatic carbocycles. The van der Waals surface area contributed by atoms with E-state index in [-0.39, 0.29) is 29.6 Å². The van der Waals surface area contributed by atoms with Crippen LogP contribution >= 0.6 is 0 Å². The Morgan fingerprint density at radius 3 is 2.35 bits per heavy atom. The lowest BCUT2D eigenvalue weighted by Crippen LogP contribution is -2.49. The van der Waals surface area contributed by atoms with E-state index in [0.29, 0.717) is 13.1 Å². The number of benzene rings is 1. The second-order valence-electron chi connectivity index (χ2n) is 5.00. The lowest BCUT2D eigenvalue weighted by molar-refractivity contribution is -0.386. The zero-order valence-electron chi connectivity index (χ0n) is 12.8. The van der Waals surface area contributed by atoms with Gasteiger partial charge in [0, 0.05) is 39.2 Å². The Morgan fingerprint density at radius 2 is 1.87 bits per heavy atom. The van der Waals surface area contributed by atoms with E-state index in [0.717, 1.165) is 6.07 Å². The van der Waals surface area contributed by atoms with Crippen molar-refractivity contribution in [3.8, 4) is 5.75 Å². The van der Waals surface area contributed by atoms with Gasteiger partial charge in [-0.1, -0.05) is 0 Å². The molecular weight excluding hydrogens is 326 g/mol. The molecule has 126 valence electrons. The number of ether oxygens (including phenoxy) is 1. The SMILES string of the molecule is COc1ccc(S(=O)(=O)N2CCN(C(C)=O)CC2)cc1[N+](=O)[O-]. The first-order chi connectivity index (χ1) is 10.8. The maximum atomic E-state index is 12.6. The summed E-state index contributed by atoms with van der Waals surface area (Å²) in [6.07, 6.45) is 0. The fourth-order valence-electron chi connectivity index (χ4n) is 2.37. The molecular formula is C13H17N3O6S. The molecule has 9 nitrogen and oxygen atoms in total. The Bertz CT molecular complexity index is 725. The highest BCUT2D eigenvalue weighted by Crippen LogP contribution is 2.30. The lowest BCUT2D eigenvalue weighted by atomic mass is 10.3. The molecule has 0 saturated carbocycles. The Balaban J connectivity index is 2.29. The largest absolute Gasteiger partial charge is 0.490 e. The number of carbonyl (C=O) groups is 1. The Kier molecular flexibility index (Phi) is 4.85. The van der Waals surface area contributed by atoms with Crippen LogP contribution in [-0.4, -0.2) is 61.7 Å². The highest BCUT2D eigenvalue weighted by atomic mass is 32.2. The van der Waals surface area contributed by atoms with Crippen LogP contribution in [0.4, 0.5) is 5.69 Å². The zero-order chi connectivity index (χ0) is 17.2. The van der Waals surface area contributed by atoms with E-state index >= 15 is 0 Å². The van der Waals surface area contributed by atoms with E-state index in [1.54, 1.807) is 4.90 Å². The molecule has 1 fully saturated rings. The Morgan fingerprint density at radius 1 is 1.26 bits per heavy atom. The molecule has 1 aromatic rings. The number of carbonyl (C=O) groups excluding carboxylic acids is 1. The number of nitro benzene ring substituents is 1. The van der Waals surface area contributed by atoms with Gasteiger partial charge in [0.1, 0.15) is 0 Å². The van der Waals surface area contributed by atoms with Crippen molar-refractivity contribution >= 4 is 21.6 Å². The highest BCUT2D eigenvalue weighted by Gasteiger charge is 2.31. The molecule has 2 rings (SSSR count). The number of hydrogen-bond acceptors (Lipinski definition) is 6. The predicted octanol–water partition coefficient (Wildman–Crippen LogP) is 0.456. The summed E-state index contributed by atoms with van der Waals surface area (Å²) < 4.78 is 31.3. The number of methoxy groups -OCH3 is 1. The second kappa shape index (κ2) is 6.50. The molecule has 0 unspecified atom stereocenters. The standard InChI is InChI=1S/C13H17N3O6S/c1-10(17)14-5-7-15(8-6-14)23(20,21)11-3-4-13(22-2)12(9-11)16(18)19/h3-4,9H,5-8H2,1-2H3. The molecule has 1 aliphatic heterocycles. The van der Waals surface area contributed by atoms with Gasteiger partial charge in [-0.25, -0.2) is 8.42 Å². The van der Waals surface area contributed by atoms with Crippen molar-refractivity contribution in [2.45, 2.75) is 11.8 Å². The van der Waals surface area contributed by atoms with Crippen LogP contribution in [-0.2, 0) is 14.8 Å². The summed E-state index contributed by atoms with van der Waals surface area (Å²) in [5.41, 5.74) is -0.407. The molecule has 23 heavy (non-hydrogen) atoms. The number of sulfonamides is 1. The second-order valence-corrected chi connectivity index (χ2v) is 6.94. The zero-order valence-corrected chi connectivity index (χ0v) is 13.6. The van der Waals surface area contributed by atoms with Crippen LogP contribution in [0.3, 0.4) is 0 Å². The Hall–Kier alpha value is -2.20. The van der Waals surface area contributed by atoms with Gasteiger partial charge in [-0.3, -0.25) is 14.9 Å². The summed E-state index contributed by atoms with van der Waals surface area (Å²) in [6.45, 7) is 2.33. The van der Waals surface area contributed by atoms with Crippen molar-refractivity contribution in [1.82, 2.24) is 9.21 Å². The number of nitrogens with zero attached hydrogens (tertiary/aromatic N) is 3. The number of nitro groups is 1. The molecule has 10 heteroatoms. The smallest absolute Gasteiger partial charge is 0.312 e. The van der Waals surface area contributed by atoms with Crippen molar-refractivity contribution in [3.63, 3.8) is 0 Å². The van der Waals surface area contributed by atoms with Crippen LogP contribution < -0.4 is 4.74 Å². The minimum atomic E-state index is -3.86. The van der Waals surface area contributed by atoms with Crippen molar-refractivity contribution in [2.24, 2.45) is 0 Å². The van der Waals surface area contributed by atoms with Crippen LogP contribution in [0.25, 0.3) is 0 Å². The first-order valence-corrected chi connectivity index (χ1v) is 8.29. The molecule has 0 N–H and O–H groups in total. The fraction of sp³-hybridized carbons (Fsp3) is 0.462. The van der Waals surface area contributed by atoms with E-state index in [1.807, 2.05) is 0 Å². The average molecular weight is 343 g/mol. The normalized spacial score (nSPS) is 16.2. The van der Waals surface area contributed by atoms with Gasteiger partial charge in [-0.15, -0.1) is 0 Å². The summed E-state index contributed by atoms with van der Waals surface area (Å²) in [7, 11) is -2.58. The number of piperazine rings is 1. The third-order valence-corrected chi connectivity index (χ3v) is 5.56. The molecule has 0 radical (unpaired) electrons. The molecule has 1 aliphatic rings. The molecule has 0 bridgehead atoms. The highest BCUT2D eigenvalue weighted by molar-refractivity contribution is 7.89. The first-order valence-electron chi connectivity index (χ1n) is 6.85. The third-order valence-electron chi connectivity index (χ3n) is 3.67. The fourth-order valence-corrected chi connectivity index (χ4v) is 3.81. The van der Waals surface area contributed by atoms with Crippen LogP contribution in [0, 0.1) is 10.1 Å². The maximum Gasteiger partial charge on any atom is 0.312 e. The van der Waals surface area contributed by atoms with E-state index in [2.05, 4.69) is 0 Å². The maximum absolute atomic E-state index is 12.6. The van der Waals surface area contributed by atoms with Crippen LogP contribution in [0.2, 0.25) is 0 Å². The van der Waals surface area contributed by atoms with Crippen LogP contribution in [0.1, 0.15) is 6.92 Å². The van der Waals surface area contributed by atoms with Gasteiger partial charge in [0.15, 0.2) is 5.75 Å². The summed E-state index contributed by atoms with van der Waals surface area (Å²) in [5.74, 6) is -0.113. The quantitative estimate of drug-likeness (QED) is 0.580. The van der Waals surface area contributed by atoms with Crippen molar-refractivity contribution in [3.05, 3.63) is 28.3 Å². The summed E-state index contributed by atoms with van der Waals surface area (Å²) in [4.78, 5) is 23.0. The van der Waals surface area contributed by atoms with Crippen molar-refractivity contribution < 1.29 is 22.9 Å². The minimum Gasteiger partial charge on any atom is -0.490 e. The van der Waals surface area contributed by atoms with E-state index in [9.17, 15) is 23.3 Å². The van der Waals surface area contributed by atoms with Gasteiger partial charge in [-0.05, 0) is 12.1 Å². The number of amides is 1. The van der Waals surface area contributed by atoms with E-state index in [1.165, 1.54) is 30.5 Å². The molecule has 0 aromatic heterocycles. The number of hydrogen-bond donors (Lipinski definition) is 0. The average Bonchev–Trinajstić information content (AvgIpc) is 2.54. The summed E-state index contributed by atoms with van der Waals surface area (Å²) in [6, 6.07) is 3.53. The summed E-state index contributed by atoms with van der Waals surface area (Å²) in [5, 5.41) is 11.0. The number of rotatable bonds is 4. The van der Waals surface area contributed by atoms with E-state index in [4.69, 9.17) is 4.74 Å². The van der Waals surface area contributed by atoms with Gasteiger partial charge in [0.25, 0.3) is 0 Å². The van der Waals surface area contributed by atoms with Crippen LogP contribution in [0.15, 0.2) is 23.1 Å². The lowest BCUT2D eigenvalue weighted by Gasteiger charge is -2.33. The van der Waals surface area contributed by atoms with Gasteiger partial charge >= 0.3 is 5.69 Å². The van der Waals surface area contributed by atoms with Gasteiger partial charge in [0.2, 0.25) is 15.9 Å². The Labute approximate surface area is 133 Å². The van der Waals surface area contributed by atoms with E-state index < -0.39 is 20.6 Å². The topological polar surface area (TPSA) is 110 Å². The minimum absolute atomic E-state index is 0.00431. The van der Waals surface area contributed by atoms with Gasteiger partial charge < -0.3 is 9.64 Å². The molecule has 1 heterocycles. The molecule has 0 atom stereocenters. The van der Waals surface area contributed by atoms with Gasteiger partial charge in [0.05, 0.1) is 16.9 Å². The molecule has 1 saturated heterocycles. The van der Waals surface area contributed by atoms with Gasteiger partial charge in [-0.2, -0.15) is 4.31 Å². The summed E-state index contributed by atoms with van der Waals surface area (Å²) >= 11 is 0. The molecule has 0 aliphatic carbocycles. The van der Waals surface area contributed by atoms with Crippen molar-refractivity contribution in [2.75, 3.05) is 33.3 Å². The predicted molar refractivity (Wildman–Crippen MR) is 80.7 cm³/mol. The van der Waals surface area contributed by atoms with Crippen molar-refractivity contribution in [1.29, 1.82) is 0 Å². The molecule has 0 spiro atoms. The monoisotopic (exact) mass is 343 g/mol.